The molecule has 4 rings (SSSR count). The van der Waals surface area contributed by atoms with Gasteiger partial charge in [0.05, 0.1) is 11.9 Å². The van der Waals surface area contributed by atoms with Gasteiger partial charge in [-0.25, -0.2) is 4.98 Å². The van der Waals surface area contributed by atoms with Crippen LogP contribution in [0.4, 0.5) is 5.69 Å². The summed E-state index contributed by atoms with van der Waals surface area (Å²) >= 11 is 1.50. The van der Waals surface area contributed by atoms with Crippen LogP contribution < -0.4 is 5.32 Å². The number of fused-ring (bicyclic) bond motifs is 1. The van der Waals surface area contributed by atoms with Crippen LogP contribution >= 0.6 is 11.3 Å². The van der Waals surface area contributed by atoms with Crippen LogP contribution in [0.1, 0.15) is 25.9 Å². The highest BCUT2D eigenvalue weighted by atomic mass is 32.1. The highest BCUT2D eigenvalue weighted by Crippen LogP contribution is 2.24. The zero-order chi connectivity index (χ0) is 17.1. The Hall–Kier alpha value is -2.58. The number of carbonyl (C=O) groups excluding carboxylic acids is 1. The van der Waals surface area contributed by atoms with E-state index in [2.05, 4.69) is 30.4 Å². The van der Waals surface area contributed by atoms with Crippen molar-refractivity contribution in [2.45, 2.75) is 19.4 Å². The molecule has 4 heterocycles. The molecule has 0 saturated heterocycles. The molecular formula is C17H18N6OS. The van der Waals surface area contributed by atoms with Gasteiger partial charge in [0.25, 0.3) is 5.91 Å². The lowest BCUT2D eigenvalue weighted by Gasteiger charge is -2.18. The summed E-state index contributed by atoms with van der Waals surface area (Å²) in [5, 5.41) is 10.2. The van der Waals surface area contributed by atoms with Gasteiger partial charge in [0.2, 0.25) is 0 Å². The summed E-state index contributed by atoms with van der Waals surface area (Å²) in [5.41, 5.74) is 2.98. The minimum atomic E-state index is -0.153. The lowest BCUT2D eigenvalue weighted by atomic mass is 10.2. The molecule has 7 nitrogen and oxygen atoms in total. The normalized spacial score (nSPS) is 14.7. The summed E-state index contributed by atoms with van der Waals surface area (Å²) < 4.78 is 0. The third kappa shape index (κ3) is 3.75. The molecule has 0 bridgehead atoms. The average Bonchev–Trinajstić information content (AvgIpc) is 3.24. The number of pyridine rings is 1. The van der Waals surface area contributed by atoms with Crippen LogP contribution in [-0.2, 0) is 19.4 Å². The third-order valence-electron chi connectivity index (χ3n) is 4.19. The number of anilines is 1. The van der Waals surface area contributed by atoms with E-state index in [9.17, 15) is 4.79 Å². The number of nitrogens with one attached hydrogen (secondary N) is 2. The smallest absolute Gasteiger partial charge is 0.284 e. The van der Waals surface area contributed by atoms with Crippen LogP contribution in [-0.4, -0.2) is 44.1 Å². The maximum Gasteiger partial charge on any atom is 0.284 e. The first-order valence-corrected chi connectivity index (χ1v) is 8.99. The van der Waals surface area contributed by atoms with Gasteiger partial charge in [-0.05, 0) is 18.6 Å². The van der Waals surface area contributed by atoms with E-state index in [4.69, 9.17) is 0 Å². The zero-order valence-corrected chi connectivity index (χ0v) is 14.4. The van der Waals surface area contributed by atoms with Crippen molar-refractivity contribution >= 4 is 22.9 Å². The predicted molar refractivity (Wildman–Crippen MR) is 95.6 cm³/mol. The van der Waals surface area contributed by atoms with Gasteiger partial charge in [-0.3, -0.25) is 19.8 Å². The molecule has 2 N–H and O–H groups in total. The number of H-pyrrole nitrogens is 1. The summed E-state index contributed by atoms with van der Waals surface area (Å²) in [6, 6.07) is 3.54. The Morgan fingerprint density at radius 3 is 2.92 bits per heavy atom. The molecule has 1 amide bonds. The van der Waals surface area contributed by atoms with Crippen molar-refractivity contribution in [2.24, 2.45) is 0 Å². The summed E-state index contributed by atoms with van der Waals surface area (Å²) in [5.74, 6) is -0.153. The van der Waals surface area contributed by atoms with Gasteiger partial charge in [0, 0.05) is 60.8 Å². The summed E-state index contributed by atoms with van der Waals surface area (Å²) in [4.78, 5) is 24.5. The van der Waals surface area contributed by atoms with Crippen LogP contribution in [0, 0.1) is 0 Å². The second-order valence-corrected chi connectivity index (χ2v) is 7.05. The summed E-state index contributed by atoms with van der Waals surface area (Å²) in [6.45, 7) is 2.79. The van der Waals surface area contributed by atoms with E-state index < -0.39 is 0 Å². The van der Waals surface area contributed by atoms with Crippen LogP contribution in [0.25, 0.3) is 0 Å². The molecule has 0 aromatic carbocycles. The number of aromatic amines is 1. The number of amides is 1. The molecule has 0 spiro atoms. The first kappa shape index (κ1) is 15.9. The lowest BCUT2D eigenvalue weighted by Crippen LogP contribution is -2.25. The van der Waals surface area contributed by atoms with Crippen molar-refractivity contribution in [2.75, 3.05) is 18.4 Å². The van der Waals surface area contributed by atoms with Gasteiger partial charge in [0.15, 0.2) is 5.01 Å². The Morgan fingerprint density at radius 1 is 1.28 bits per heavy atom. The molecule has 3 aromatic heterocycles. The molecule has 0 fully saturated rings. The summed E-state index contributed by atoms with van der Waals surface area (Å²) in [6.07, 6.45) is 8.89. The van der Waals surface area contributed by atoms with E-state index in [0.29, 0.717) is 5.01 Å². The SMILES string of the molecule is O=C(Nc1ccncc1)c1nc2c(s1)CCN(Cc1cn[nH]c1)CC2. The average molecular weight is 354 g/mol. The van der Waals surface area contributed by atoms with Crippen molar-refractivity contribution < 1.29 is 4.79 Å². The van der Waals surface area contributed by atoms with Crippen LogP contribution in [0.5, 0.6) is 0 Å². The second-order valence-electron chi connectivity index (χ2n) is 5.96. The van der Waals surface area contributed by atoms with Gasteiger partial charge >= 0.3 is 0 Å². The topological polar surface area (TPSA) is 86.8 Å². The van der Waals surface area contributed by atoms with E-state index in [1.54, 1.807) is 24.5 Å². The number of nitrogens with zero attached hydrogens (tertiary/aromatic N) is 4. The van der Waals surface area contributed by atoms with Gasteiger partial charge < -0.3 is 5.32 Å². The molecule has 0 atom stereocenters. The molecule has 0 unspecified atom stereocenters. The number of rotatable bonds is 4. The van der Waals surface area contributed by atoms with Crippen molar-refractivity contribution in [3.8, 4) is 0 Å². The molecule has 0 radical (unpaired) electrons. The quantitative estimate of drug-likeness (QED) is 0.749. The van der Waals surface area contributed by atoms with E-state index in [0.717, 1.165) is 43.9 Å². The Kier molecular flexibility index (Phi) is 4.53. The maximum atomic E-state index is 12.4. The molecular weight excluding hydrogens is 336 g/mol. The molecule has 128 valence electrons. The van der Waals surface area contributed by atoms with E-state index in [-0.39, 0.29) is 5.91 Å². The number of hydrogen-bond donors (Lipinski definition) is 2. The predicted octanol–water partition coefficient (Wildman–Crippen LogP) is 2.11. The van der Waals surface area contributed by atoms with E-state index in [1.807, 2.05) is 12.4 Å². The van der Waals surface area contributed by atoms with Crippen molar-refractivity contribution in [1.82, 2.24) is 25.1 Å². The molecule has 0 aliphatic carbocycles. The number of hydrogen-bond acceptors (Lipinski definition) is 6. The minimum absolute atomic E-state index is 0.153. The maximum absolute atomic E-state index is 12.4. The van der Waals surface area contributed by atoms with Crippen LogP contribution in [0.15, 0.2) is 36.9 Å². The van der Waals surface area contributed by atoms with Gasteiger partial charge in [-0.2, -0.15) is 5.10 Å². The Labute approximate surface area is 149 Å². The fourth-order valence-electron chi connectivity index (χ4n) is 2.91. The highest BCUT2D eigenvalue weighted by Gasteiger charge is 2.21. The Morgan fingerprint density at radius 2 is 2.12 bits per heavy atom. The van der Waals surface area contributed by atoms with Gasteiger partial charge in [-0.15, -0.1) is 11.3 Å². The molecule has 3 aromatic rings. The number of aromatic nitrogens is 4. The van der Waals surface area contributed by atoms with E-state index >= 15 is 0 Å². The molecule has 1 aliphatic heterocycles. The second kappa shape index (κ2) is 7.12. The standard InChI is InChI=1S/C17H18N6OS/c24-16(21-13-1-5-18-6-2-13)17-22-14-3-7-23(8-4-15(14)25-17)11-12-9-19-20-10-12/h1-2,5-6,9-10H,3-4,7-8,11H2,(H,19,20)(H,18,21,24). The number of thiazole rings is 1. The first-order valence-electron chi connectivity index (χ1n) is 8.18. The van der Waals surface area contributed by atoms with Crippen molar-refractivity contribution in [3.63, 3.8) is 0 Å². The minimum Gasteiger partial charge on any atom is -0.320 e. The first-order chi connectivity index (χ1) is 12.3. The fraction of sp³-hybridized carbons (Fsp3) is 0.294. The zero-order valence-electron chi connectivity index (χ0n) is 13.6. The van der Waals surface area contributed by atoms with E-state index in [1.165, 1.54) is 21.8 Å². The third-order valence-corrected chi connectivity index (χ3v) is 5.35. The highest BCUT2D eigenvalue weighted by molar-refractivity contribution is 7.13. The monoisotopic (exact) mass is 354 g/mol. The molecule has 8 heteroatoms. The largest absolute Gasteiger partial charge is 0.320 e. The fourth-order valence-corrected chi connectivity index (χ4v) is 3.90. The van der Waals surface area contributed by atoms with Crippen LogP contribution in [0.3, 0.4) is 0 Å². The molecule has 1 aliphatic rings. The van der Waals surface area contributed by atoms with Crippen molar-refractivity contribution in [1.29, 1.82) is 0 Å². The lowest BCUT2D eigenvalue weighted by molar-refractivity contribution is 0.102. The Bertz CT molecular complexity index is 820. The summed E-state index contributed by atoms with van der Waals surface area (Å²) in [7, 11) is 0. The molecule has 0 saturated carbocycles. The Balaban J connectivity index is 1.41. The number of carbonyl (C=O) groups is 1. The van der Waals surface area contributed by atoms with Crippen LogP contribution in [0.2, 0.25) is 0 Å². The molecule has 25 heavy (non-hydrogen) atoms. The van der Waals surface area contributed by atoms with Crippen molar-refractivity contribution in [3.05, 3.63) is 58.1 Å². The van der Waals surface area contributed by atoms with Gasteiger partial charge in [0.1, 0.15) is 0 Å². The van der Waals surface area contributed by atoms with Gasteiger partial charge in [-0.1, -0.05) is 0 Å².